The highest BCUT2D eigenvalue weighted by molar-refractivity contribution is 14.1. The average molecular weight is 388 g/mol. The molecule has 0 aliphatic heterocycles. The number of hydrogen-bond acceptors (Lipinski definition) is 2. The van der Waals surface area contributed by atoms with E-state index in [2.05, 4.69) is 27.6 Å². The van der Waals surface area contributed by atoms with Crippen LogP contribution in [0.2, 0.25) is 5.02 Å². The van der Waals surface area contributed by atoms with Gasteiger partial charge in [0.05, 0.1) is 21.7 Å². The third-order valence-corrected chi connectivity index (χ3v) is 4.02. The number of para-hydroxylation sites is 1. The van der Waals surface area contributed by atoms with Crippen molar-refractivity contribution < 1.29 is 4.39 Å². The SMILES string of the molecule is Nc1nc2cc(F)c(Cl)cc2n1-c1ccccc1I. The van der Waals surface area contributed by atoms with Crippen molar-refractivity contribution in [1.29, 1.82) is 0 Å². The van der Waals surface area contributed by atoms with Gasteiger partial charge in [-0.25, -0.2) is 9.37 Å². The van der Waals surface area contributed by atoms with E-state index in [0.717, 1.165) is 9.26 Å². The Kier molecular flexibility index (Phi) is 3.10. The molecule has 3 rings (SSSR count). The van der Waals surface area contributed by atoms with Gasteiger partial charge in [0.1, 0.15) is 5.82 Å². The van der Waals surface area contributed by atoms with Crippen LogP contribution in [0.25, 0.3) is 16.7 Å². The van der Waals surface area contributed by atoms with Gasteiger partial charge in [-0.2, -0.15) is 0 Å². The summed E-state index contributed by atoms with van der Waals surface area (Å²) in [6.07, 6.45) is 0. The lowest BCUT2D eigenvalue weighted by Crippen LogP contribution is -2.02. The first-order valence-corrected chi connectivity index (χ1v) is 6.91. The molecule has 1 aromatic heterocycles. The van der Waals surface area contributed by atoms with Gasteiger partial charge in [0.2, 0.25) is 5.95 Å². The van der Waals surface area contributed by atoms with Gasteiger partial charge in [0.25, 0.3) is 0 Å². The Morgan fingerprint density at radius 1 is 1.26 bits per heavy atom. The fraction of sp³-hybridized carbons (Fsp3) is 0. The van der Waals surface area contributed by atoms with Crippen LogP contribution in [-0.4, -0.2) is 9.55 Å². The topological polar surface area (TPSA) is 43.8 Å². The lowest BCUT2D eigenvalue weighted by Gasteiger charge is -2.08. The van der Waals surface area contributed by atoms with Crippen LogP contribution in [0.3, 0.4) is 0 Å². The maximum Gasteiger partial charge on any atom is 0.205 e. The van der Waals surface area contributed by atoms with Crippen molar-refractivity contribution in [2.75, 3.05) is 5.73 Å². The zero-order valence-corrected chi connectivity index (χ0v) is 12.5. The molecule has 2 N–H and O–H groups in total. The van der Waals surface area contributed by atoms with Gasteiger partial charge in [-0.1, -0.05) is 23.7 Å². The van der Waals surface area contributed by atoms with E-state index in [1.165, 1.54) is 6.07 Å². The maximum absolute atomic E-state index is 13.4. The molecule has 2 aromatic carbocycles. The fourth-order valence-corrected chi connectivity index (χ4v) is 2.76. The summed E-state index contributed by atoms with van der Waals surface area (Å²) >= 11 is 8.05. The number of nitrogen functional groups attached to an aromatic ring is 1. The van der Waals surface area contributed by atoms with Crippen molar-refractivity contribution in [3.8, 4) is 5.69 Å². The molecule has 0 spiro atoms. The van der Waals surface area contributed by atoms with Gasteiger partial charge in [-0.05, 0) is 40.8 Å². The molecule has 0 fully saturated rings. The number of nitrogens with two attached hydrogens (primary N) is 1. The predicted molar refractivity (Wildman–Crippen MR) is 83.2 cm³/mol. The summed E-state index contributed by atoms with van der Waals surface area (Å²) in [5, 5.41) is 0.0552. The van der Waals surface area contributed by atoms with Gasteiger partial charge >= 0.3 is 0 Å². The number of hydrogen-bond donors (Lipinski definition) is 1. The summed E-state index contributed by atoms with van der Waals surface area (Å²) in [6, 6.07) is 10.6. The molecule has 0 aliphatic carbocycles. The summed E-state index contributed by atoms with van der Waals surface area (Å²) in [7, 11) is 0. The van der Waals surface area contributed by atoms with Gasteiger partial charge < -0.3 is 5.73 Å². The lowest BCUT2D eigenvalue weighted by molar-refractivity contribution is 0.630. The van der Waals surface area contributed by atoms with Gasteiger partial charge in [-0.15, -0.1) is 0 Å². The van der Waals surface area contributed by atoms with E-state index in [0.29, 0.717) is 17.0 Å². The second kappa shape index (κ2) is 4.64. The highest BCUT2D eigenvalue weighted by Crippen LogP contribution is 2.29. The van der Waals surface area contributed by atoms with E-state index in [1.807, 2.05) is 24.3 Å². The second-order valence-corrected chi connectivity index (χ2v) is 5.58. The third-order valence-electron chi connectivity index (χ3n) is 2.82. The van der Waals surface area contributed by atoms with Crippen molar-refractivity contribution in [1.82, 2.24) is 9.55 Å². The first-order valence-electron chi connectivity index (χ1n) is 5.46. The molecule has 96 valence electrons. The highest BCUT2D eigenvalue weighted by atomic mass is 127. The zero-order chi connectivity index (χ0) is 13.6. The standard InChI is InChI=1S/C13H8ClFIN3/c14-7-5-12-10(6-8(7)15)18-13(17)19(12)11-4-2-1-3-9(11)16/h1-6H,(H2,17,18). The molecule has 0 bridgehead atoms. The summed E-state index contributed by atoms with van der Waals surface area (Å²) in [6.45, 7) is 0. The minimum Gasteiger partial charge on any atom is -0.369 e. The Morgan fingerprint density at radius 2 is 2.00 bits per heavy atom. The Bertz CT molecular complexity index is 785. The molecule has 3 nitrogen and oxygen atoms in total. The van der Waals surface area contributed by atoms with Crippen LogP contribution in [0.4, 0.5) is 10.3 Å². The molecule has 1 heterocycles. The molecule has 0 atom stereocenters. The zero-order valence-electron chi connectivity index (χ0n) is 9.57. The van der Waals surface area contributed by atoms with E-state index < -0.39 is 5.82 Å². The molecule has 6 heteroatoms. The average Bonchev–Trinajstić information content (AvgIpc) is 2.66. The minimum absolute atomic E-state index is 0.0552. The lowest BCUT2D eigenvalue weighted by atomic mass is 10.2. The third kappa shape index (κ3) is 2.06. The number of nitrogens with zero attached hydrogens (tertiary/aromatic N) is 2. The first kappa shape index (κ1) is 12.7. The summed E-state index contributed by atoms with van der Waals surface area (Å²) in [4.78, 5) is 4.17. The van der Waals surface area contributed by atoms with Gasteiger partial charge in [-0.3, -0.25) is 4.57 Å². The van der Waals surface area contributed by atoms with Crippen LogP contribution in [0.15, 0.2) is 36.4 Å². The Balaban J connectivity index is 2.38. The molecular formula is C13H8ClFIN3. The van der Waals surface area contributed by atoms with E-state index >= 15 is 0 Å². The summed E-state index contributed by atoms with van der Waals surface area (Å²) in [5.74, 6) is -0.192. The highest BCUT2D eigenvalue weighted by Gasteiger charge is 2.14. The number of imidazole rings is 1. The minimum atomic E-state index is -0.499. The summed E-state index contributed by atoms with van der Waals surface area (Å²) < 4.78 is 16.2. The van der Waals surface area contributed by atoms with Crippen molar-refractivity contribution in [3.63, 3.8) is 0 Å². The molecule has 0 unspecified atom stereocenters. The molecule has 0 aliphatic rings. The molecule has 0 saturated carbocycles. The largest absolute Gasteiger partial charge is 0.369 e. The smallest absolute Gasteiger partial charge is 0.205 e. The number of fused-ring (bicyclic) bond motifs is 1. The molecule has 0 amide bonds. The normalized spacial score (nSPS) is 11.1. The first-order chi connectivity index (χ1) is 9.08. The van der Waals surface area contributed by atoms with Crippen molar-refractivity contribution in [3.05, 3.63) is 50.8 Å². The molecule has 0 saturated heterocycles. The van der Waals surface area contributed by atoms with Crippen LogP contribution in [0.1, 0.15) is 0 Å². The quantitative estimate of drug-likeness (QED) is 0.641. The summed E-state index contributed by atoms with van der Waals surface area (Å²) in [5.41, 5.74) is 8.00. The number of aromatic nitrogens is 2. The van der Waals surface area contributed by atoms with E-state index in [1.54, 1.807) is 10.6 Å². The predicted octanol–water partition coefficient (Wildman–Crippen LogP) is 4.00. The van der Waals surface area contributed by atoms with Crippen molar-refractivity contribution >= 4 is 51.2 Å². The van der Waals surface area contributed by atoms with Gasteiger partial charge in [0.15, 0.2) is 0 Å². The second-order valence-electron chi connectivity index (χ2n) is 4.01. The number of anilines is 1. The maximum atomic E-state index is 13.4. The molecular weight excluding hydrogens is 380 g/mol. The van der Waals surface area contributed by atoms with Crippen LogP contribution >= 0.6 is 34.2 Å². The Hall–Kier alpha value is -1.34. The van der Waals surface area contributed by atoms with Gasteiger partial charge in [0, 0.05) is 9.64 Å². The monoisotopic (exact) mass is 387 g/mol. The van der Waals surface area contributed by atoms with Crippen molar-refractivity contribution in [2.45, 2.75) is 0 Å². The Labute approximate surface area is 127 Å². The number of benzene rings is 2. The van der Waals surface area contributed by atoms with Crippen molar-refractivity contribution in [2.24, 2.45) is 0 Å². The van der Waals surface area contributed by atoms with E-state index in [9.17, 15) is 4.39 Å². The van der Waals surface area contributed by atoms with Crippen LogP contribution < -0.4 is 5.73 Å². The van der Waals surface area contributed by atoms with E-state index in [4.69, 9.17) is 17.3 Å². The number of halogens is 3. The van der Waals surface area contributed by atoms with E-state index in [-0.39, 0.29) is 5.02 Å². The fourth-order valence-electron chi connectivity index (χ4n) is 1.98. The number of rotatable bonds is 1. The van der Waals surface area contributed by atoms with Crippen LogP contribution in [0, 0.1) is 9.39 Å². The Morgan fingerprint density at radius 3 is 2.74 bits per heavy atom. The van der Waals surface area contributed by atoms with Crippen LogP contribution in [0.5, 0.6) is 0 Å². The molecule has 19 heavy (non-hydrogen) atoms. The molecule has 3 aromatic rings. The molecule has 0 radical (unpaired) electrons. The van der Waals surface area contributed by atoms with Crippen LogP contribution in [-0.2, 0) is 0 Å².